The summed E-state index contributed by atoms with van der Waals surface area (Å²) in [5, 5.41) is 3.77. The quantitative estimate of drug-likeness (QED) is 0.867. The number of rotatable bonds is 4. The van der Waals surface area contributed by atoms with E-state index >= 15 is 0 Å². The molecule has 0 aliphatic carbocycles. The Kier molecular flexibility index (Phi) is 4.13. The number of hydrogen-bond acceptors (Lipinski definition) is 3. The molecule has 0 spiro atoms. The van der Waals surface area contributed by atoms with Crippen molar-refractivity contribution in [3.05, 3.63) is 17.3 Å². The van der Waals surface area contributed by atoms with Gasteiger partial charge in [0.05, 0.1) is 5.69 Å². The van der Waals surface area contributed by atoms with Crippen molar-refractivity contribution in [3.8, 4) is 0 Å². The fourth-order valence-corrected chi connectivity index (χ4v) is 2.40. The Morgan fingerprint density at radius 1 is 1.50 bits per heavy atom. The minimum absolute atomic E-state index is 0.205. The molecular weight excluding hydrogens is 272 g/mol. The van der Waals surface area contributed by atoms with Crippen LogP contribution in [-0.4, -0.2) is 21.8 Å². The van der Waals surface area contributed by atoms with Crippen LogP contribution < -0.4 is 5.32 Å². The number of aryl methyl sites for hydroxylation is 2. The molecule has 5 heteroatoms. The van der Waals surface area contributed by atoms with E-state index in [0.717, 1.165) is 11.8 Å². The molecule has 1 aromatic rings. The third-order valence-corrected chi connectivity index (χ3v) is 2.68. The molecule has 0 aliphatic heterocycles. The average molecular weight is 289 g/mol. The number of carbonyl (C=O) groups is 1. The largest absolute Gasteiger partial charge is 0.436 e. The van der Waals surface area contributed by atoms with Crippen LogP contribution in [0.3, 0.4) is 0 Å². The summed E-state index contributed by atoms with van der Waals surface area (Å²) < 4.78 is 5.27. The number of nitrogens with zero attached hydrogens (tertiary/aromatic N) is 1. The Morgan fingerprint density at radius 2 is 2.12 bits per heavy atom. The molecule has 0 fully saturated rings. The SMILES string of the molecule is Cc1nc(C)c(C(=O)NC(C)(C)CCBr)o1. The van der Waals surface area contributed by atoms with Crippen molar-refractivity contribution in [3.63, 3.8) is 0 Å². The lowest BCUT2D eigenvalue weighted by molar-refractivity contribution is 0.0881. The monoisotopic (exact) mass is 288 g/mol. The van der Waals surface area contributed by atoms with Gasteiger partial charge >= 0.3 is 0 Å². The van der Waals surface area contributed by atoms with Gasteiger partial charge in [-0.15, -0.1) is 0 Å². The van der Waals surface area contributed by atoms with Gasteiger partial charge in [0, 0.05) is 17.8 Å². The Bertz CT molecular complexity index is 385. The number of hydrogen-bond donors (Lipinski definition) is 1. The van der Waals surface area contributed by atoms with Crippen LogP contribution in [0.25, 0.3) is 0 Å². The van der Waals surface area contributed by atoms with Crippen LogP contribution in [0.5, 0.6) is 0 Å². The number of oxazole rings is 1. The maximum Gasteiger partial charge on any atom is 0.289 e. The minimum Gasteiger partial charge on any atom is -0.436 e. The van der Waals surface area contributed by atoms with Gasteiger partial charge in [0.25, 0.3) is 5.91 Å². The highest BCUT2D eigenvalue weighted by Crippen LogP contribution is 2.14. The maximum atomic E-state index is 11.9. The summed E-state index contributed by atoms with van der Waals surface area (Å²) in [6.07, 6.45) is 0.852. The number of halogens is 1. The lowest BCUT2D eigenvalue weighted by Gasteiger charge is -2.24. The van der Waals surface area contributed by atoms with Gasteiger partial charge in [-0.2, -0.15) is 0 Å². The van der Waals surface area contributed by atoms with E-state index in [9.17, 15) is 4.79 Å². The van der Waals surface area contributed by atoms with Crippen LogP contribution in [0.2, 0.25) is 0 Å². The van der Waals surface area contributed by atoms with Gasteiger partial charge in [0.1, 0.15) is 0 Å². The summed E-state index contributed by atoms with van der Waals surface area (Å²) in [6, 6.07) is 0. The molecule has 1 rings (SSSR count). The van der Waals surface area contributed by atoms with Crippen molar-refractivity contribution in [1.82, 2.24) is 10.3 Å². The number of amides is 1. The number of aromatic nitrogens is 1. The zero-order chi connectivity index (χ0) is 12.3. The van der Waals surface area contributed by atoms with Crippen LogP contribution in [0.4, 0.5) is 0 Å². The van der Waals surface area contributed by atoms with Gasteiger partial charge in [-0.3, -0.25) is 4.79 Å². The molecule has 0 unspecified atom stereocenters. The molecule has 4 nitrogen and oxygen atoms in total. The summed E-state index contributed by atoms with van der Waals surface area (Å²) in [5.74, 6) is 0.616. The molecule has 0 saturated heterocycles. The van der Waals surface area contributed by atoms with Crippen LogP contribution in [0.1, 0.15) is 42.4 Å². The summed E-state index contributed by atoms with van der Waals surface area (Å²) in [4.78, 5) is 16.0. The molecule has 1 aromatic heterocycles. The standard InChI is InChI=1S/C11H17BrN2O2/c1-7-9(16-8(2)13-7)10(15)14-11(3,4)5-6-12/h5-6H2,1-4H3,(H,14,15). The molecule has 90 valence electrons. The smallest absolute Gasteiger partial charge is 0.289 e. The van der Waals surface area contributed by atoms with Crippen molar-refractivity contribution >= 4 is 21.8 Å². The third-order valence-electron chi connectivity index (χ3n) is 2.28. The van der Waals surface area contributed by atoms with Crippen molar-refractivity contribution in [2.45, 2.75) is 39.7 Å². The first-order valence-corrected chi connectivity index (χ1v) is 6.30. The Balaban J connectivity index is 2.76. The Morgan fingerprint density at radius 3 is 2.56 bits per heavy atom. The van der Waals surface area contributed by atoms with Crippen LogP contribution >= 0.6 is 15.9 Å². The van der Waals surface area contributed by atoms with E-state index in [2.05, 4.69) is 26.2 Å². The van der Waals surface area contributed by atoms with E-state index in [1.807, 2.05) is 13.8 Å². The van der Waals surface area contributed by atoms with Gasteiger partial charge in [-0.1, -0.05) is 15.9 Å². The molecule has 1 heterocycles. The second kappa shape index (κ2) is 4.99. The Labute approximate surface area is 104 Å². The van der Waals surface area contributed by atoms with Crippen molar-refractivity contribution in [2.24, 2.45) is 0 Å². The van der Waals surface area contributed by atoms with Crippen molar-refractivity contribution in [1.29, 1.82) is 0 Å². The first kappa shape index (κ1) is 13.2. The molecule has 0 bridgehead atoms. The van der Waals surface area contributed by atoms with Gasteiger partial charge in [-0.25, -0.2) is 4.98 Å². The molecule has 16 heavy (non-hydrogen) atoms. The Hall–Kier alpha value is -0.840. The summed E-state index contributed by atoms with van der Waals surface area (Å²) in [6.45, 7) is 7.45. The van der Waals surface area contributed by atoms with E-state index in [0.29, 0.717) is 17.3 Å². The molecule has 0 atom stereocenters. The molecule has 1 amide bonds. The second-order valence-electron chi connectivity index (χ2n) is 4.42. The number of nitrogens with one attached hydrogen (secondary N) is 1. The third kappa shape index (κ3) is 3.33. The van der Waals surface area contributed by atoms with Gasteiger partial charge in [-0.05, 0) is 27.2 Å². The highest BCUT2D eigenvalue weighted by molar-refractivity contribution is 9.09. The van der Waals surface area contributed by atoms with Crippen LogP contribution in [-0.2, 0) is 0 Å². The molecular formula is C11H17BrN2O2. The van der Waals surface area contributed by atoms with Gasteiger partial charge < -0.3 is 9.73 Å². The maximum absolute atomic E-state index is 11.9. The van der Waals surface area contributed by atoms with Crippen LogP contribution in [0.15, 0.2) is 4.42 Å². The van der Waals surface area contributed by atoms with Gasteiger partial charge in [0.15, 0.2) is 5.89 Å². The van der Waals surface area contributed by atoms with E-state index in [4.69, 9.17) is 4.42 Å². The number of carbonyl (C=O) groups excluding carboxylic acids is 1. The van der Waals surface area contributed by atoms with E-state index < -0.39 is 0 Å². The summed E-state index contributed by atoms with van der Waals surface area (Å²) >= 11 is 3.36. The number of alkyl halides is 1. The molecule has 0 aliphatic rings. The molecule has 0 aromatic carbocycles. The lowest BCUT2D eigenvalue weighted by atomic mass is 10.0. The first-order valence-electron chi connectivity index (χ1n) is 5.18. The van der Waals surface area contributed by atoms with E-state index in [-0.39, 0.29) is 11.4 Å². The second-order valence-corrected chi connectivity index (χ2v) is 5.22. The zero-order valence-corrected chi connectivity index (χ0v) is 11.6. The van der Waals surface area contributed by atoms with E-state index in [1.165, 1.54) is 0 Å². The molecule has 1 N–H and O–H groups in total. The molecule has 0 radical (unpaired) electrons. The summed E-state index contributed by atoms with van der Waals surface area (Å²) in [5.41, 5.74) is 0.373. The predicted octanol–water partition coefficient (Wildman–Crippen LogP) is 2.58. The van der Waals surface area contributed by atoms with Gasteiger partial charge in [0.2, 0.25) is 5.76 Å². The van der Waals surface area contributed by atoms with E-state index in [1.54, 1.807) is 13.8 Å². The normalized spacial score (nSPS) is 11.6. The fourth-order valence-electron chi connectivity index (χ4n) is 1.40. The first-order chi connectivity index (χ1) is 7.35. The van der Waals surface area contributed by atoms with Crippen molar-refractivity contribution < 1.29 is 9.21 Å². The lowest BCUT2D eigenvalue weighted by Crippen LogP contribution is -2.43. The zero-order valence-electron chi connectivity index (χ0n) is 10.1. The van der Waals surface area contributed by atoms with Crippen LogP contribution in [0, 0.1) is 13.8 Å². The minimum atomic E-state index is -0.256. The molecule has 0 saturated carbocycles. The fraction of sp³-hybridized carbons (Fsp3) is 0.636. The summed E-state index contributed by atoms with van der Waals surface area (Å²) in [7, 11) is 0. The predicted molar refractivity (Wildman–Crippen MR) is 65.9 cm³/mol. The van der Waals surface area contributed by atoms with Crippen molar-refractivity contribution in [2.75, 3.05) is 5.33 Å². The topological polar surface area (TPSA) is 55.1 Å². The average Bonchev–Trinajstić information content (AvgIpc) is 2.44. The highest BCUT2D eigenvalue weighted by atomic mass is 79.9. The highest BCUT2D eigenvalue weighted by Gasteiger charge is 2.24.